The SMILES string of the molecule is CCN(C(=O)c1cc2ccccc2[nH]1)[C@H]1CCC[C@@H](N[C@@H]2CCc3ccccc32)C1. The minimum Gasteiger partial charge on any atom is -0.351 e. The van der Waals surface area contributed by atoms with E-state index in [1.54, 1.807) is 0 Å². The van der Waals surface area contributed by atoms with Gasteiger partial charge in [0, 0.05) is 35.6 Å². The molecule has 0 bridgehead atoms. The van der Waals surface area contributed by atoms with E-state index in [9.17, 15) is 4.79 Å². The van der Waals surface area contributed by atoms with Crippen LogP contribution < -0.4 is 5.32 Å². The Hall–Kier alpha value is -2.59. The lowest BCUT2D eigenvalue weighted by atomic mass is 9.89. The number of H-pyrrole nitrogens is 1. The lowest BCUT2D eigenvalue weighted by Crippen LogP contribution is -2.47. The van der Waals surface area contributed by atoms with Crippen LogP contribution in [0.4, 0.5) is 0 Å². The molecule has 2 aliphatic rings. The summed E-state index contributed by atoms with van der Waals surface area (Å²) < 4.78 is 0. The zero-order valence-electron chi connectivity index (χ0n) is 17.7. The Morgan fingerprint density at radius 2 is 1.93 bits per heavy atom. The van der Waals surface area contributed by atoms with Crippen molar-refractivity contribution in [2.75, 3.05) is 6.54 Å². The van der Waals surface area contributed by atoms with Gasteiger partial charge in [0.05, 0.1) is 0 Å². The van der Waals surface area contributed by atoms with Crippen molar-refractivity contribution in [3.63, 3.8) is 0 Å². The Morgan fingerprint density at radius 3 is 2.80 bits per heavy atom. The number of aromatic amines is 1. The van der Waals surface area contributed by atoms with Crippen LogP contribution in [-0.2, 0) is 6.42 Å². The van der Waals surface area contributed by atoms with Gasteiger partial charge in [-0.2, -0.15) is 0 Å². The minimum absolute atomic E-state index is 0.130. The highest BCUT2D eigenvalue weighted by Gasteiger charge is 2.32. The normalized spacial score (nSPS) is 23.4. The fourth-order valence-corrected chi connectivity index (χ4v) is 5.52. The van der Waals surface area contributed by atoms with Gasteiger partial charge in [0.1, 0.15) is 5.69 Å². The molecule has 0 spiro atoms. The van der Waals surface area contributed by atoms with Gasteiger partial charge in [0.2, 0.25) is 0 Å². The molecule has 2 N–H and O–H groups in total. The molecule has 2 aromatic carbocycles. The Balaban J connectivity index is 1.29. The minimum atomic E-state index is 0.130. The maximum absolute atomic E-state index is 13.3. The summed E-state index contributed by atoms with van der Waals surface area (Å²) in [5.74, 6) is 0.130. The van der Waals surface area contributed by atoms with Crippen molar-refractivity contribution in [3.8, 4) is 0 Å². The first-order chi connectivity index (χ1) is 14.7. The van der Waals surface area contributed by atoms with Crippen LogP contribution in [0.1, 0.15) is 66.7 Å². The van der Waals surface area contributed by atoms with Crippen LogP contribution in [0.5, 0.6) is 0 Å². The van der Waals surface area contributed by atoms with Gasteiger partial charge >= 0.3 is 0 Å². The molecule has 1 fully saturated rings. The number of benzene rings is 2. The number of nitrogens with zero attached hydrogens (tertiary/aromatic N) is 1. The number of nitrogens with one attached hydrogen (secondary N) is 2. The predicted octanol–water partition coefficient (Wildman–Crippen LogP) is 5.22. The van der Waals surface area contributed by atoms with Crippen LogP contribution in [0, 0.1) is 0 Å². The third-order valence-corrected chi connectivity index (χ3v) is 7.02. The highest BCUT2D eigenvalue weighted by Crippen LogP contribution is 2.33. The van der Waals surface area contributed by atoms with Gasteiger partial charge < -0.3 is 15.2 Å². The second kappa shape index (κ2) is 8.27. The number of para-hydroxylation sites is 1. The third-order valence-electron chi connectivity index (χ3n) is 7.02. The lowest BCUT2D eigenvalue weighted by molar-refractivity contribution is 0.0620. The smallest absolute Gasteiger partial charge is 0.270 e. The van der Waals surface area contributed by atoms with E-state index in [1.165, 1.54) is 36.8 Å². The maximum Gasteiger partial charge on any atom is 0.270 e. The van der Waals surface area contributed by atoms with Gasteiger partial charge in [-0.1, -0.05) is 42.5 Å². The van der Waals surface area contributed by atoms with Crippen molar-refractivity contribution >= 4 is 16.8 Å². The number of rotatable bonds is 5. The zero-order valence-corrected chi connectivity index (χ0v) is 17.7. The van der Waals surface area contributed by atoms with Crippen LogP contribution in [0.2, 0.25) is 0 Å². The van der Waals surface area contributed by atoms with Crippen molar-refractivity contribution in [1.29, 1.82) is 0 Å². The quantitative estimate of drug-likeness (QED) is 0.616. The van der Waals surface area contributed by atoms with Crippen molar-refractivity contribution in [3.05, 3.63) is 71.4 Å². The van der Waals surface area contributed by atoms with Crippen molar-refractivity contribution in [1.82, 2.24) is 15.2 Å². The molecule has 1 saturated carbocycles. The summed E-state index contributed by atoms with van der Waals surface area (Å²) >= 11 is 0. The monoisotopic (exact) mass is 401 g/mol. The average Bonchev–Trinajstić information content (AvgIpc) is 3.39. The van der Waals surface area contributed by atoms with Crippen LogP contribution in [-0.4, -0.2) is 34.4 Å². The first kappa shape index (κ1) is 19.4. The fourth-order valence-electron chi connectivity index (χ4n) is 5.52. The molecule has 0 unspecified atom stereocenters. The van der Waals surface area contributed by atoms with Gasteiger partial charge in [-0.3, -0.25) is 4.79 Å². The zero-order chi connectivity index (χ0) is 20.5. The molecule has 3 aromatic rings. The molecule has 0 aliphatic heterocycles. The maximum atomic E-state index is 13.3. The molecule has 1 aromatic heterocycles. The number of hydrogen-bond donors (Lipinski definition) is 2. The van der Waals surface area contributed by atoms with Crippen molar-refractivity contribution in [2.24, 2.45) is 0 Å². The molecule has 2 aliphatic carbocycles. The second-order valence-corrected chi connectivity index (χ2v) is 8.84. The van der Waals surface area contributed by atoms with E-state index < -0.39 is 0 Å². The van der Waals surface area contributed by atoms with Crippen molar-refractivity contribution in [2.45, 2.75) is 63.6 Å². The molecule has 5 rings (SSSR count). The summed E-state index contributed by atoms with van der Waals surface area (Å²) in [5.41, 5.74) is 4.70. The highest BCUT2D eigenvalue weighted by molar-refractivity contribution is 5.98. The molecule has 4 heteroatoms. The van der Waals surface area contributed by atoms with E-state index in [4.69, 9.17) is 0 Å². The summed E-state index contributed by atoms with van der Waals surface area (Å²) in [4.78, 5) is 18.7. The largest absolute Gasteiger partial charge is 0.351 e. The van der Waals surface area contributed by atoms with E-state index in [2.05, 4.69) is 52.5 Å². The van der Waals surface area contributed by atoms with Gasteiger partial charge in [0.25, 0.3) is 5.91 Å². The fraction of sp³-hybridized carbons (Fsp3) is 0.423. The lowest BCUT2D eigenvalue weighted by Gasteiger charge is -2.38. The summed E-state index contributed by atoms with van der Waals surface area (Å²) in [6, 6.07) is 20.2. The topological polar surface area (TPSA) is 48.1 Å². The average molecular weight is 402 g/mol. The number of carbonyl (C=O) groups is 1. The van der Waals surface area contributed by atoms with Crippen LogP contribution >= 0.6 is 0 Å². The highest BCUT2D eigenvalue weighted by atomic mass is 16.2. The van der Waals surface area contributed by atoms with Crippen LogP contribution in [0.15, 0.2) is 54.6 Å². The molecule has 0 radical (unpaired) electrons. The summed E-state index contributed by atoms with van der Waals surface area (Å²) in [6.07, 6.45) is 6.87. The number of aromatic nitrogens is 1. The molecule has 1 amide bonds. The first-order valence-corrected chi connectivity index (χ1v) is 11.5. The molecular weight excluding hydrogens is 370 g/mol. The van der Waals surface area contributed by atoms with Gasteiger partial charge in [-0.05, 0) is 68.7 Å². The summed E-state index contributed by atoms with van der Waals surface area (Å²) in [6.45, 7) is 2.85. The number of aryl methyl sites for hydroxylation is 1. The Kier molecular flexibility index (Phi) is 5.34. The van der Waals surface area contributed by atoms with Gasteiger partial charge in [0.15, 0.2) is 0 Å². The Morgan fingerprint density at radius 1 is 1.10 bits per heavy atom. The van der Waals surface area contributed by atoms with E-state index in [0.717, 1.165) is 30.3 Å². The molecular formula is C26H31N3O. The predicted molar refractivity (Wildman–Crippen MR) is 122 cm³/mol. The second-order valence-electron chi connectivity index (χ2n) is 8.84. The number of fused-ring (bicyclic) bond motifs is 2. The van der Waals surface area contributed by atoms with Crippen LogP contribution in [0.25, 0.3) is 10.9 Å². The molecule has 4 nitrogen and oxygen atoms in total. The van der Waals surface area contributed by atoms with E-state index in [0.29, 0.717) is 23.8 Å². The summed E-state index contributed by atoms with van der Waals surface area (Å²) in [7, 11) is 0. The number of amides is 1. The van der Waals surface area contributed by atoms with Crippen molar-refractivity contribution < 1.29 is 4.79 Å². The first-order valence-electron chi connectivity index (χ1n) is 11.5. The van der Waals surface area contributed by atoms with Crippen LogP contribution in [0.3, 0.4) is 0 Å². The molecule has 1 heterocycles. The molecule has 156 valence electrons. The van der Waals surface area contributed by atoms with E-state index in [-0.39, 0.29) is 5.91 Å². The third kappa shape index (κ3) is 3.65. The van der Waals surface area contributed by atoms with E-state index in [1.807, 2.05) is 24.3 Å². The number of hydrogen-bond acceptors (Lipinski definition) is 2. The Labute approximate surface area is 178 Å². The standard InChI is InChI=1S/C26H31N3O/c1-2-29(26(30)25-16-19-9-4-6-13-23(19)28-25)21-11-7-10-20(17-21)27-24-15-14-18-8-3-5-12-22(18)24/h3-6,8-9,12-13,16,20-21,24,27-28H,2,7,10-11,14-15,17H2,1H3/t20-,21+,24-/m1/s1. The van der Waals surface area contributed by atoms with E-state index >= 15 is 0 Å². The van der Waals surface area contributed by atoms with Gasteiger partial charge in [-0.25, -0.2) is 0 Å². The summed E-state index contributed by atoms with van der Waals surface area (Å²) in [5, 5.41) is 5.03. The molecule has 0 saturated heterocycles. The molecule has 30 heavy (non-hydrogen) atoms. The molecule has 3 atom stereocenters. The Bertz CT molecular complexity index is 1010. The van der Waals surface area contributed by atoms with Gasteiger partial charge in [-0.15, -0.1) is 0 Å². The number of carbonyl (C=O) groups excluding carboxylic acids is 1.